The van der Waals surface area contributed by atoms with E-state index in [1.54, 1.807) is 11.0 Å². The second-order valence-electron chi connectivity index (χ2n) is 3.43. The van der Waals surface area contributed by atoms with Crippen LogP contribution >= 0.6 is 15.9 Å². The van der Waals surface area contributed by atoms with E-state index >= 15 is 0 Å². The molecule has 6 heteroatoms. The van der Waals surface area contributed by atoms with Crippen LogP contribution in [0.15, 0.2) is 10.8 Å². The number of rotatable bonds is 4. The van der Waals surface area contributed by atoms with Crippen molar-refractivity contribution in [2.75, 3.05) is 13.2 Å². The molecule has 0 aromatic carbocycles. The van der Waals surface area contributed by atoms with E-state index in [2.05, 4.69) is 26.1 Å². The number of nitrogens with zero attached hydrogens (tertiary/aromatic N) is 3. The molecule has 2 heterocycles. The van der Waals surface area contributed by atoms with Gasteiger partial charge in [0.25, 0.3) is 0 Å². The number of halogens is 1. The topological polar surface area (TPSA) is 49.2 Å². The molecule has 15 heavy (non-hydrogen) atoms. The van der Waals surface area contributed by atoms with Gasteiger partial charge in [-0.2, -0.15) is 9.90 Å². The van der Waals surface area contributed by atoms with Crippen molar-refractivity contribution in [2.45, 2.75) is 32.1 Å². The van der Waals surface area contributed by atoms with Gasteiger partial charge < -0.3 is 9.47 Å². The summed E-state index contributed by atoms with van der Waals surface area (Å²) < 4.78 is 11.7. The molecular formula is C9H14BrN3O2. The van der Waals surface area contributed by atoms with Gasteiger partial charge in [-0.1, -0.05) is 0 Å². The lowest BCUT2D eigenvalue weighted by Crippen LogP contribution is -2.24. The van der Waals surface area contributed by atoms with Crippen LogP contribution in [0.4, 0.5) is 0 Å². The zero-order valence-corrected chi connectivity index (χ0v) is 10.0. The predicted octanol–water partition coefficient (Wildman–Crippen LogP) is 1.58. The zero-order valence-electron chi connectivity index (χ0n) is 8.43. The zero-order chi connectivity index (χ0) is 10.5. The van der Waals surface area contributed by atoms with Crippen LogP contribution in [0.3, 0.4) is 0 Å². The molecule has 84 valence electrons. The molecule has 1 unspecified atom stereocenters. The molecule has 0 aliphatic carbocycles. The fraction of sp³-hybridized carbons (Fsp3) is 0.778. The second-order valence-corrected chi connectivity index (χ2v) is 4.24. The molecule has 5 nitrogen and oxygen atoms in total. The molecular weight excluding hydrogens is 262 g/mol. The van der Waals surface area contributed by atoms with Crippen molar-refractivity contribution in [3.05, 3.63) is 10.8 Å². The normalized spacial score (nSPS) is 21.8. The van der Waals surface area contributed by atoms with Gasteiger partial charge in [0.05, 0.1) is 19.3 Å². The van der Waals surface area contributed by atoms with Gasteiger partial charge in [0, 0.05) is 6.61 Å². The van der Waals surface area contributed by atoms with Crippen molar-refractivity contribution in [3.63, 3.8) is 0 Å². The molecule has 0 saturated carbocycles. The Hall–Kier alpha value is -0.460. The molecule has 1 atom stereocenters. The van der Waals surface area contributed by atoms with Crippen LogP contribution in [-0.4, -0.2) is 34.5 Å². The van der Waals surface area contributed by atoms with Crippen molar-refractivity contribution in [1.82, 2.24) is 15.0 Å². The van der Waals surface area contributed by atoms with Crippen molar-refractivity contribution in [1.29, 1.82) is 0 Å². The third-order valence-corrected chi connectivity index (χ3v) is 2.60. The lowest BCUT2D eigenvalue weighted by atomic mass is 10.2. The van der Waals surface area contributed by atoms with Crippen LogP contribution in [0.2, 0.25) is 0 Å². The predicted molar refractivity (Wildman–Crippen MR) is 57.3 cm³/mol. The van der Waals surface area contributed by atoms with Crippen LogP contribution in [0.5, 0.6) is 0 Å². The van der Waals surface area contributed by atoms with Crippen LogP contribution < -0.4 is 0 Å². The minimum absolute atomic E-state index is 0.0299. The quantitative estimate of drug-likeness (QED) is 0.837. The molecule has 0 spiro atoms. The molecule has 1 saturated heterocycles. The fourth-order valence-electron chi connectivity index (χ4n) is 1.49. The lowest BCUT2D eigenvalue weighted by molar-refractivity contribution is -0.164. The summed E-state index contributed by atoms with van der Waals surface area (Å²) in [5, 5.41) is 8.13. The van der Waals surface area contributed by atoms with E-state index in [1.807, 2.05) is 0 Å². The first kappa shape index (κ1) is 11.0. The van der Waals surface area contributed by atoms with Gasteiger partial charge in [-0.05, 0) is 35.2 Å². The summed E-state index contributed by atoms with van der Waals surface area (Å²) in [6.45, 7) is 2.06. The Morgan fingerprint density at radius 2 is 2.53 bits per heavy atom. The summed E-state index contributed by atoms with van der Waals surface area (Å²) in [6, 6.07) is 0. The average molecular weight is 276 g/mol. The molecule has 1 aliphatic rings. The van der Waals surface area contributed by atoms with Crippen molar-refractivity contribution in [3.8, 4) is 0 Å². The summed E-state index contributed by atoms with van der Waals surface area (Å²) in [5.41, 5.74) is 0. The van der Waals surface area contributed by atoms with E-state index in [0.717, 1.165) is 24.1 Å². The highest BCUT2D eigenvalue weighted by Crippen LogP contribution is 2.13. The molecule has 0 amide bonds. The molecule has 1 aromatic rings. The van der Waals surface area contributed by atoms with Gasteiger partial charge >= 0.3 is 0 Å². The minimum atomic E-state index is -0.0299. The summed E-state index contributed by atoms with van der Waals surface area (Å²) in [7, 11) is 0. The average Bonchev–Trinajstić information content (AvgIpc) is 2.66. The molecule has 0 radical (unpaired) electrons. The Labute approximate surface area is 96.9 Å². The molecule has 0 N–H and O–H groups in total. The van der Waals surface area contributed by atoms with Gasteiger partial charge in [0.2, 0.25) is 0 Å². The number of ether oxygens (including phenoxy) is 2. The summed E-state index contributed by atoms with van der Waals surface area (Å²) in [5.74, 6) is 0. The van der Waals surface area contributed by atoms with E-state index in [1.165, 1.54) is 6.42 Å². The van der Waals surface area contributed by atoms with Crippen LogP contribution in [0.1, 0.15) is 19.3 Å². The molecule has 1 aromatic heterocycles. The first-order valence-electron chi connectivity index (χ1n) is 5.13. The highest BCUT2D eigenvalue weighted by atomic mass is 79.9. The van der Waals surface area contributed by atoms with Crippen molar-refractivity contribution < 1.29 is 9.47 Å². The van der Waals surface area contributed by atoms with E-state index in [0.29, 0.717) is 13.2 Å². The third-order valence-electron chi connectivity index (χ3n) is 2.24. The highest BCUT2D eigenvalue weighted by molar-refractivity contribution is 9.10. The fourth-order valence-corrected chi connectivity index (χ4v) is 1.77. The van der Waals surface area contributed by atoms with E-state index < -0.39 is 0 Å². The molecule has 1 aliphatic heterocycles. The third kappa shape index (κ3) is 3.55. The highest BCUT2D eigenvalue weighted by Gasteiger charge is 2.13. The number of hydrogen-bond donors (Lipinski definition) is 0. The second kappa shape index (κ2) is 5.58. The van der Waals surface area contributed by atoms with Gasteiger partial charge in [0.15, 0.2) is 6.29 Å². The minimum Gasteiger partial charge on any atom is -0.353 e. The first-order chi connectivity index (χ1) is 7.34. The van der Waals surface area contributed by atoms with E-state index in [9.17, 15) is 0 Å². The lowest BCUT2D eigenvalue weighted by Gasteiger charge is -2.22. The van der Waals surface area contributed by atoms with Crippen LogP contribution in [0.25, 0.3) is 0 Å². The Balaban J connectivity index is 1.65. The van der Waals surface area contributed by atoms with Gasteiger partial charge in [-0.25, -0.2) is 0 Å². The van der Waals surface area contributed by atoms with Crippen LogP contribution in [-0.2, 0) is 16.0 Å². The molecule has 0 bridgehead atoms. The SMILES string of the molecule is Brc1cnn(CCOC2CCCCO2)n1. The Morgan fingerprint density at radius 3 is 3.20 bits per heavy atom. The van der Waals surface area contributed by atoms with Gasteiger partial charge in [0.1, 0.15) is 4.60 Å². The standard InChI is InChI=1S/C9H14BrN3O2/c10-8-7-11-13(12-8)4-6-15-9-3-1-2-5-14-9/h7,9H,1-6H2. The van der Waals surface area contributed by atoms with Crippen LogP contribution in [0, 0.1) is 0 Å². The maximum Gasteiger partial charge on any atom is 0.157 e. The molecule has 1 fully saturated rings. The number of aromatic nitrogens is 3. The number of hydrogen-bond acceptors (Lipinski definition) is 4. The van der Waals surface area contributed by atoms with Gasteiger partial charge in [-0.3, -0.25) is 0 Å². The van der Waals surface area contributed by atoms with Gasteiger partial charge in [-0.15, -0.1) is 5.10 Å². The Kier molecular flexibility index (Phi) is 4.10. The maximum absolute atomic E-state index is 5.56. The monoisotopic (exact) mass is 275 g/mol. The van der Waals surface area contributed by atoms with Crippen molar-refractivity contribution >= 4 is 15.9 Å². The Bertz CT molecular complexity index is 299. The first-order valence-corrected chi connectivity index (χ1v) is 5.93. The van der Waals surface area contributed by atoms with E-state index in [-0.39, 0.29) is 6.29 Å². The van der Waals surface area contributed by atoms with Crippen molar-refractivity contribution in [2.24, 2.45) is 0 Å². The largest absolute Gasteiger partial charge is 0.353 e. The Morgan fingerprint density at radius 1 is 1.60 bits per heavy atom. The summed E-state index contributed by atoms with van der Waals surface area (Å²) >= 11 is 3.24. The molecule has 2 rings (SSSR count). The maximum atomic E-state index is 5.56. The smallest absolute Gasteiger partial charge is 0.157 e. The summed E-state index contributed by atoms with van der Waals surface area (Å²) in [4.78, 5) is 1.60. The summed E-state index contributed by atoms with van der Waals surface area (Å²) in [6.07, 6.45) is 4.97. The van der Waals surface area contributed by atoms with E-state index in [4.69, 9.17) is 9.47 Å².